The van der Waals surface area contributed by atoms with Crippen molar-refractivity contribution in [1.29, 1.82) is 0 Å². The fraction of sp³-hybridized carbons (Fsp3) is 0.150. The van der Waals surface area contributed by atoms with Crippen LogP contribution in [0.25, 0.3) is 0 Å². The van der Waals surface area contributed by atoms with Crippen molar-refractivity contribution in [3.63, 3.8) is 0 Å². The number of halogens is 2. The first-order chi connectivity index (χ1) is 15.3. The van der Waals surface area contributed by atoms with Gasteiger partial charge in [0.05, 0.1) is 20.8 Å². The number of carbonyl (C=O) groups excluding carboxylic acids is 1. The van der Waals surface area contributed by atoms with Crippen molar-refractivity contribution in [3.8, 4) is 11.6 Å². The fourth-order valence-electron chi connectivity index (χ4n) is 3.23. The summed E-state index contributed by atoms with van der Waals surface area (Å²) in [7, 11) is -1.77. The van der Waals surface area contributed by atoms with Crippen LogP contribution in [0.15, 0.2) is 53.6 Å². The van der Waals surface area contributed by atoms with Gasteiger partial charge in [-0.15, -0.1) is 0 Å². The van der Waals surface area contributed by atoms with E-state index in [9.17, 15) is 22.0 Å². The molecular formula is C20H16F2N4O5S. The maximum atomic E-state index is 14.3. The minimum Gasteiger partial charge on any atom is -0.491 e. The summed E-state index contributed by atoms with van der Waals surface area (Å²) in [5.41, 5.74) is -0.419. The lowest BCUT2D eigenvalue weighted by Gasteiger charge is -2.34. The summed E-state index contributed by atoms with van der Waals surface area (Å²) in [5, 5.41) is 0. The molecule has 32 heavy (non-hydrogen) atoms. The molecule has 166 valence electrons. The molecular weight excluding hydrogens is 446 g/mol. The lowest BCUT2D eigenvalue weighted by atomic mass is 10.2. The van der Waals surface area contributed by atoms with E-state index in [-0.39, 0.29) is 28.2 Å². The number of fused-ring (bicyclic) bond motifs is 1. The van der Waals surface area contributed by atoms with Crippen LogP contribution < -0.4 is 18.7 Å². The molecule has 0 atom stereocenters. The van der Waals surface area contributed by atoms with E-state index in [0.29, 0.717) is 4.31 Å². The van der Waals surface area contributed by atoms with Crippen molar-refractivity contribution < 1.29 is 31.5 Å². The first-order valence-corrected chi connectivity index (χ1v) is 10.6. The minimum absolute atomic E-state index is 0.0586. The molecule has 12 heteroatoms. The van der Waals surface area contributed by atoms with Crippen molar-refractivity contribution in [2.24, 2.45) is 0 Å². The zero-order valence-corrected chi connectivity index (χ0v) is 17.6. The van der Waals surface area contributed by atoms with Gasteiger partial charge in [0.25, 0.3) is 15.9 Å². The van der Waals surface area contributed by atoms with E-state index in [1.165, 1.54) is 50.7 Å². The van der Waals surface area contributed by atoms with Crippen LogP contribution in [0.2, 0.25) is 0 Å². The third kappa shape index (κ3) is 3.38. The molecule has 0 unspecified atom stereocenters. The van der Waals surface area contributed by atoms with Gasteiger partial charge in [0.2, 0.25) is 0 Å². The molecule has 0 saturated heterocycles. The summed E-state index contributed by atoms with van der Waals surface area (Å²) in [5.74, 6) is -2.17. The average Bonchev–Trinajstić information content (AvgIpc) is 2.78. The van der Waals surface area contributed by atoms with Gasteiger partial charge in [0.15, 0.2) is 17.4 Å². The van der Waals surface area contributed by atoms with Gasteiger partial charge in [-0.2, -0.15) is 9.29 Å². The fourth-order valence-corrected chi connectivity index (χ4v) is 4.72. The second kappa shape index (κ2) is 8.04. The highest BCUT2D eigenvalue weighted by Crippen LogP contribution is 2.38. The van der Waals surface area contributed by atoms with Gasteiger partial charge in [0.1, 0.15) is 16.5 Å². The Kier molecular flexibility index (Phi) is 5.38. The van der Waals surface area contributed by atoms with Crippen LogP contribution in [0.1, 0.15) is 5.56 Å². The number of amides is 2. The normalized spacial score (nSPS) is 14.8. The van der Waals surface area contributed by atoms with Crippen molar-refractivity contribution in [3.05, 3.63) is 65.9 Å². The highest BCUT2D eigenvalue weighted by atomic mass is 32.2. The van der Waals surface area contributed by atoms with Crippen molar-refractivity contribution in [1.82, 2.24) is 9.97 Å². The summed E-state index contributed by atoms with van der Waals surface area (Å²) in [6, 6.07) is 7.38. The molecule has 2 amide bonds. The van der Waals surface area contributed by atoms with Gasteiger partial charge in [0, 0.05) is 11.8 Å². The number of pyridine rings is 2. The monoisotopic (exact) mass is 462 g/mol. The van der Waals surface area contributed by atoms with E-state index < -0.39 is 39.8 Å². The Balaban J connectivity index is 1.89. The van der Waals surface area contributed by atoms with Gasteiger partial charge in [-0.3, -0.25) is 4.90 Å². The first-order valence-electron chi connectivity index (χ1n) is 9.13. The minimum atomic E-state index is -4.44. The number of anilines is 2. The molecule has 0 saturated carbocycles. The van der Waals surface area contributed by atoms with Crippen molar-refractivity contribution in [2.45, 2.75) is 11.4 Å². The lowest BCUT2D eigenvalue weighted by molar-refractivity contribution is 0.253. The molecule has 0 bridgehead atoms. The molecule has 0 N–H and O–H groups in total. The Labute approximate surface area is 181 Å². The number of nitrogens with zero attached hydrogens (tertiary/aromatic N) is 4. The number of ether oxygens (including phenoxy) is 2. The highest BCUT2D eigenvalue weighted by molar-refractivity contribution is 7.94. The van der Waals surface area contributed by atoms with Crippen LogP contribution in [0.4, 0.5) is 25.2 Å². The smallest absolute Gasteiger partial charge is 0.346 e. The number of sulfonamides is 1. The predicted molar refractivity (Wildman–Crippen MR) is 109 cm³/mol. The van der Waals surface area contributed by atoms with Crippen LogP contribution in [-0.4, -0.2) is 38.6 Å². The molecule has 9 nitrogen and oxygen atoms in total. The van der Waals surface area contributed by atoms with Gasteiger partial charge < -0.3 is 9.47 Å². The summed E-state index contributed by atoms with van der Waals surface area (Å²) in [6.45, 7) is -0.597. The number of hydrogen-bond acceptors (Lipinski definition) is 7. The van der Waals surface area contributed by atoms with E-state index in [0.717, 1.165) is 17.0 Å². The molecule has 0 radical (unpaired) electrons. The molecule has 1 aliphatic heterocycles. The molecule has 1 aromatic carbocycles. The van der Waals surface area contributed by atoms with Crippen molar-refractivity contribution in [2.75, 3.05) is 23.4 Å². The maximum absolute atomic E-state index is 14.3. The van der Waals surface area contributed by atoms with E-state index in [1.54, 1.807) is 0 Å². The van der Waals surface area contributed by atoms with Crippen LogP contribution in [0.3, 0.4) is 0 Å². The Hall–Kier alpha value is -3.80. The molecule has 1 aliphatic rings. The number of carbonyl (C=O) groups is 1. The van der Waals surface area contributed by atoms with E-state index in [2.05, 4.69) is 9.97 Å². The van der Waals surface area contributed by atoms with Gasteiger partial charge in [-0.05, 0) is 36.4 Å². The topological polar surface area (TPSA) is 102 Å². The molecule has 0 fully saturated rings. The molecule has 3 heterocycles. The number of hydrogen-bond donors (Lipinski definition) is 0. The number of urea groups is 1. The lowest BCUT2D eigenvalue weighted by Crippen LogP contribution is -2.51. The molecule has 4 rings (SSSR count). The summed E-state index contributed by atoms with van der Waals surface area (Å²) in [6.07, 6.45) is 1.27. The van der Waals surface area contributed by atoms with Gasteiger partial charge in [-0.25, -0.2) is 27.0 Å². The third-order valence-corrected chi connectivity index (χ3v) is 6.44. The highest BCUT2D eigenvalue weighted by Gasteiger charge is 2.44. The number of aromatic nitrogens is 2. The Morgan fingerprint density at radius 3 is 2.38 bits per heavy atom. The largest absolute Gasteiger partial charge is 0.491 e. The number of rotatable bonds is 5. The quantitative estimate of drug-likeness (QED) is 0.574. The first kappa shape index (κ1) is 21.4. The van der Waals surface area contributed by atoms with Gasteiger partial charge >= 0.3 is 6.03 Å². The predicted octanol–water partition coefficient (Wildman–Crippen LogP) is 3.11. The number of benzene rings is 1. The van der Waals surface area contributed by atoms with Gasteiger partial charge in [-0.1, -0.05) is 6.07 Å². The summed E-state index contributed by atoms with van der Waals surface area (Å²) < 4.78 is 65.8. The SMILES string of the molecule is COc1ccc(N2C(=O)N(Cc3c(F)cccc3F)c3ncccc3S2(=O)=O)nc1OC. The Morgan fingerprint density at radius 1 is 1.00 bits per heavy atom. The van der Waals surface area contributed by atoms with Crippen LogP contribution >= 0.6 is 0 Å². The Morgan fingerprint density at radius 2 is 1.72 bits per heavy atom. The van der Waals surface area contributed by atoms with Crippen LogP contribution in [0, 0.1) is 11.6 Å². The van der Waals surface area contributed by atoms with Crippen LogP contribution in [-0.2, 0) is 16.6 Å². The number of methoxy groups -OCH3 is 2. The maximum Gasteiger partial charge on any atom is 0.346 e. The summed E-state index contributed by atoms with van der Waals surface area (Å²) >= 11 is 0. The van der Waals surface area contributed by atoms with Crippen LogP contribution in [0.5, 0.6) is 11.6 Å². The average molecular weight is 462 g/mol. The van der Waals surface area contributed by atoms with E-state index >= 15 is 0 Å². The van der Waals surface area contributed by atoms with Crippen molar-refractivity contribution >= 4 is 27.7 Å². The molecule has 2 aromatic heterocycles. The molecule has 0 aliphatic carbocycles. The van der Waals surface area contributed by atoms with E-state index in [1.807, 2.05) is 0 Å². The third-order valence-electron chi connectivity index (χ3n) is 4.74. The zero-order chi connectivity index (χ0) is 23.0. The zero-order valence-electron chi connectivity index (χ0n) is 16.8. The molecule has 0 spiro atoms. The molecule has 3 aromatic rings. The Bertz CT molecular complexity index is 1300. The standard InChI is InChI=1S/C20H16F2N4O5S/c1-30-15-8-9-17(24-19(15)31-2)26-20(27)25(11-12-13(21)5-3-6-14(12)22)18-16(32(26,28)29)7-4-10-23-18/h3-10H,11H2,1-2H3. The second-order valence-electron chi connectivity index (χ2n) is 6.54. The second-order valence-corrected chi connectivity index (χ2v) is 8.30. The van der Waals surface area contributed by atoms with E-state index in [4.69, 9.17) is 9.47 Å². The summed E-state index contributed by atoms with van der Waals surface area (Å²) in [4.78, 5) is 22.0.